The van der Waals surface area contributed by atoms with Crippen molar-refractivity contribution in [3.05, 3.63) is 72.1 Å². The normalized spacial score (nSPS) is 11.5. The predicted molar refractivity (Wildman–Crippen MR) is 126 cm³/mol. The minimum absolute atomic E-state index is 0.0495. The number of benzene rings is 2. The minimum atomic E-state index is -1.12. The van der Waals surface area contributed by atoms with Crippen LogP contribution in [0, 0.1) is 0 Å². The number of carbonyl (C=O) groups is 3. The molecule has 1 atom stereocenters. The van der Waals surface area contributed by atoms with Crippen LogP contribution in [0.3, 0.4) is 0 Å². The number of rotatable bonds is 12. The van der Waals surface area contributed by atoms with Gasteiger partial charge in [0.25, 0.3) is 0 Å². The number of amides is 2. The molecule has 34 heavy (non-hydrogen) atoms. The Morgan fingerprint density at radius 1 is 0.941 bits per heavy atom. The Labute approximate surface area is 197 Å². The maximum Gasteiger partial charge on any atom is 0.407 e. The van der Waals surface area contributed by atoms with Crippen LogP contribution in [-0.2, 0) is 27.4 Å². The first kappa shape index (κ1) is 24.6. The zero-order chi connectivity index (χ0) is 24.2. The van der Waals surface area contributed by atoms with Gasteiger partial charge in [-0.05, 0) is 30.5 Å². The van der Waals surface area contributed by atoms with E-state index in [1.54, 1.807) is 6.07 Å². The molecule has 0 fully saturated rings. The number of aromatic nitrogens is 2. The van der Waals surface area contributed by atoms with Crippen LogP contribution in [0.4, 0.5) is 4.79 Å². The third-order valence-electron chi connectivity index (χ3n) is 5.11. The van der Waals surface area contributed by atoms with Gasteiger partial charge in [0.2, 0.25) is 5.91 Å². The SMILES string of the molecule is O=C(CCCCCNC(=O)OCc1ccccc1)N[C@@H](Cc1cnc2ccccc2n1)C(=O)O. The van der Waals surface area contributed by atoms with Gasteiger partial charge < -0.3 is 20.5 Å². The minimum Gasteiger partial charge on any atom is -0.480 e. The maximum absolute atomic E-state index is 12.2. The fourth-order valence-electron chi connectivity index (χ4n) is 3.32. The van der Waals surface area contributed by atoms with Crippen molar-refractivity contribution in [2.45, 2.75) is 44.8 Å². The van der Waals surface area contributed by atoms with Gasteiger partial charge in [0, 0.05) is 25.6 Å². The van der Waals surface area contributed by atoms with E-state index in [1.807, 2.05) is 48.5 Å². The standard InChI is InChI=1S/C25H28N4O5/c30-23(13-5-2-8-14-26-25(33)34-17-18-9-3-1-4-10-18)29-22(24(31)32)15-19-16-27-20-11-6-7-12-21(20)28-19/h1,3-4,6-7,9-12,16,22H,2,5,8,13-15,17H2,(H,26,33)(H,29,30)(H,31,32)/t22-/m0/s1. The molecule has 3 aromatic rings. The first-order valence-electron chi connectivity index (χ1n) is 11.2. The van der Waals surface area contributed by atoms with E-state index >= 15 is 0 Å². The van der Waals surface area contributed by atoms with Crippen LogP contribution in [0.1, 0.15) is 36.9 Å². The van der Waals surface area contributed by atoms with Gasteiger partial charge in [-0.2, -0.15) is 0 Å². The fourth-order valence-corrected chi connectivity index (χ4v) is 3.32. The Kier molecular flexibility index (Phi) is 9.33. The number of carbonyl (C=O) groups excluding carboxylic acids is 2. The average molecular weight is 465 g/mol. The number of nitrogens with zero attached hydrogens (tertiary/aromatic N) is 2. The molecule has 0 saturated carbocycles. The number of carboxylic acids is 1. The van der Waals surface area contributed by atoms with Crippen molar-refractivity contribution in [2.24, 2.45) is 0 Å². The average Bonchev–Trinajstić information content (AvgIpc) is 2.85. The van der Waals surface area contributed by atoms with Crippen molar-refractivity contribution < 1.29 is 24.2 Å². The van der Waals surface area contributed by atoms with Gasteiger partial charge in [-0.15, -0.1) is 0 Å². The molecule has 0 bridgehead atoms. The molecule has 0 aliphatic rings. The quantitative estimate of drug-likeness (QED) is 0.351. The summed E-state index contributed by atoms with van der Waals surface area (Å²) in [5, 5.41) is 14.7. The molecule has 0 saturated heterocycles. The number of carboxylic acid groups (broad SMARTS) is 1. The summed E-state index contributed by atoms with van der Waals surface area (Å²) in [6, 6.07) is 15.6. The lowest BCUT2D eigenvalue weighted by molar-refractivity contribution is -0.141. The molecule has 0 spiro atoms. The van der Waals surface area contributed by atoms with E-state index in [0.29, 0.717) is 37.0 Å². The fraction of sp³-hybridized carbons (Fsp3) is 0.320. The Balaban J connectivity index is 1.32. The van der Waals surface area contributed by atoms with Crippen LogP contribution < -0.4 is 10.6 Å². The lowest BCUT2D eigenvalue weighted by Gasteiger charge is -2.14. The molecule has 3 N–H and O–H groups in total. The number of ether oxygens (including phenoxy) is 1. The van der Waals surface area contributed by atoms with E-state index in [9.17, 15) is 19.5 Å². The number of hydrogen-bond acceptors (Lipinski definition) is 6. The Morgan fingerprint density at radius 2 is 1.68 bits per heavy atom. The third kappa shape index (κ3) is 8.16. The summed E-state index contributed by atoms with van der Waals surface area (Å²) in [5.41, 5.74) is 2.81. The van der Waals surface area contributed by atoms with Crippen LogP contribution in [0.2, 0.25) is 0 Å². The lowest BCUT2D eigenvalue weighted by atomic mass is 10.1. The van der Waals surface area contributed by atoms with Crippen LogP contribution in [0.25, 0.3) is 11.0 Å². The molecule has 1 aromatic heterocycles. The highest BCUT2D eigenvalue weighted by Crippen LogP contribution is 2.10. The topological polar surface area (TPSA) is 131 Å². The van der Waals surface area contributed by atoms with Crippen molar-refractivity contribution in [3.8, 4) is 0 Å². The monoisotopic (exact) mass is 464 g/mol. The van der Waals surface area contributed by atoms with Crippen LogP contribution in [0.5, 0.6) is 0 Å². The molecule has 0 unspecified atom stereocenters. The second-order valence-corrected chi connectivity index (χ2v) is 7.81. The zero-order valence-electron chi connectivity index (χ0n) is 18.8. The largest absolute Gasteiger partial charge is 0.480 e. The van der Waals surface area contributed by atoms with Crippen LogP contribution >= 0.6 is 0 Å². The zero-order valence-corrected chi connectivity index (χ0v) is 18.8. The first-order valence-corrected chi connectivity index (χ1v) is 11.2. The van der Waals surface area contributed by atoms with Crippen molar-refractivity contribution in [1.82, 2.24) is 20.6 Å². The van der Waals surface area contributed by atoms with Crippen molar-refractivity contribution >= 4 is 29.0 Å². The third-order valence-corrected chi connectivity index (χ3v) is 5.11. The number of fused-ring (bicyclic) bond motifs is 1. The van der Waals surface area contributed by atoms with Crippen molar-refractivity contribution in [2.75, 3.05) is 6.54 Å². The summed E-state index contributed by atoms with van der Waals surface area (Å²) in [7, 11) is 0. The first-order chi connectivity index (χ1) is 16.5. The maximum atomic E-state index is 12.2. The van der Waals surface area contributed by atoms with E-state index in [4.69, 9.17) is 4.74 Å². The van der Waals surface area contributed by atoms with Crippen molar-refractivity contribution in [3.63, 3.8) is 0 Å². The van der Waals surface area contributed by atoms with E-state index in [2.05, 4.69) is 20.6 Å². The van der Waals surface area contributed by atoms with Gasteiger partial charge in [0.15, 0.2) is 0 Å². The van der Waals surface area contributed by atoms with Gasteiger partial charge in [-0.25, -0.2) is 14.6 Å². The van der Waals surface area contributed by atoms with E-state index < -0.39 is 18.1 Å². The van der Waals surface area contributed by atoms with Gasteiger partial charge in [0.05, 0.1) is 16.7 Å². The van der Waals surface area contributed by atoms with E-state index in [-0.39, 0.29) is 25.4 Å². The van der Waals surface area contributed by atoms with Crippen LogP contribution in [0.15, 0.2) is 60.8 Å². The molecule has 2 amide bonds. The molecule has 0 radical (unpaired) electrons. The second-order valence-electron chi connectivity index (χ2n) is 7.81. The molecule has 0 aliphatic carbocycles. The summed E-state index contributed by atoms with van der Waals surface area (Å²) in [6.07, 6.45) is 3.27. The molecular weight excluding hydrogens is 436 g/mol. The molecule has 9 heteroatoms. The van der Waals surface area contributed by atoms with E-state index in [1.165, 1.54) is 6.20 Å². The Morgan fingerprint density at radius 3 is 2.44 bits per heavy atom. The predicted octanol–water partition coefficient (Wildman–Crippen LogP) is 3.23. The number of nitrogens with one attached hydrogen (secondary N) is 2. The van der Waals surface area contributed by atoms with Crippen molar-refractivity contribution in [1.29, 1.82) is 0 Å². The number of unbranched alkanes of at least 4 members (excludes halogenated alkanes) is 2. The van der Waals surface area contributed by atoms with Gasteiger partial charge >= 0.3 is 12.1 Å². The summed E-state index contributed by atoms with van der Waals surface area (Å²) in [4.78, 5) is 44.2. The van der Waals surface area contributed by atoms with Gasteiger partial charge in [-0.3, -0.25) is 9.78 Å². The highest BCUT2D eigenvalue weighted by atomic mass is 16.5. The number of para-hydroxylation sites is 2. The molecular formula is C25H28N4O5. The molecule has 1 heterocycles. The smallest absolute Gasteiger partial charge is 0.407 e. The molecule has 9 nitrogen and oxygen atoms in total. The number of aliphatic carboxylic acids is 1. The summed E-state index contributed by atoms with van der Waals surface area (Å²) >= 11 is 0. The summed E-state index contributed by atoms with van der Waals surface area (Å²) < 4.78 is 5.13. The summed E-state index contributed by atoms with van der Waals surface area (Å²) in [5.74, 6) is -1.46. The molecule has 3 rings (SSSR count). The molecule has 0 aliphatic heterocycles. The number of hydrogen-bond donors (Lipinski definition) is 3. The second kappa shape index (κ2) is 12.9. The highest BCUT2D eigenvalue weighted by molar-refractivity contribution is 5.83. The number of alkyl carbamates (subject to hydrolysis) is 1. The molecule has 178 valence electrons. The van der Waals surface area contributed by atoms with Gasteiger partial charge in [-0.1, -0.05) is 48.9 Å². The highest BCUT2D eigenvalue weighted by Gasteiger charge is 2.21. The Hall–Kier alpha value is -4.01. The summed E-state index contributed by atoms with van der Waals surface area (Å²) in [6.45, 7) is 0.649. The van der Waals surface area contributed by atoms with E-state index in [0.717, 1.165) is 11.1 Å². The van der Waals surface area contributed by atoms with Gasteiger partial charge in [0.1, 0.15) is 12.6 Å². The molecule has 2 aromatic carbocycles. The van der Waals surface area contributed by atoms with Crippen LogP contribution in [-0.4, -0.2) is 45.6 Å². The Bertz CT molecular complexity index is 1110. The lowest BCUT2D eigenvalue weighted by Crippen LogP contribution is -2.42.